The fraction of sp³-hybridized carbons (Fsp3) is 0.542. The van der Waals surface area contributed by atoms with Crippen molar-refractivity contribution in [2.24, 2.45) is 0 Å². The molecule has 32 heavy (non-hydrogen) atoms. The third-order valence-corrected chi connectivity index (χ3v) is 7.03. The van der Waals surface area contributed by atoms with Crippen molar-refractivity contribution < 1.29 is 23.8 Å². The first-order valence-corrected chi connectivity index (χ1v) is 11.1. The minimum absolute atomic E-state index is 0.257. The van der Waals surface area contributed by atoms with Crippen LogP contribution in [0.4, 0.5) is 4.39 Å². The highest BCUT2D eigenvalue weighted by molar-refractivity contribution is 6.01. The number of benzene rings is 1. The van der Waals surface area contributed by atoms with E-state index in [-0.39, 0.29) is 24.1 Å². The monoisotopic (exact) mass is 441 g/mol. The van der Waals surface area contributed by atoms with Crippen molar-refractivity contribution in [2.45, 2.75) is 62.8 Å². The Hall–Kier alpha value is -2.42. The first-order chi connectivity index (χ1) is 15.0. The van der Waals surface area contributed by atoms with Gasteiger partial charge < -0.3 is 9.84 Å². The zero-order valence-corrected chi connectivity index (χ0v) is 18.6. The third-order valence-electron chi connectivity index (χ3n) is 7.03. The standard InChI is InChI=1S/C24H28FN3O4/c1-22(2,31)12-28-9-8-24(23(3,13-28)32-24)17-5-6-18-16(20(17)25)10-14(11-26-18)15-4-7-19(29)27-21(15)30/h5-6,10-11,15,31H,4,7-9,12-13H2,1-3H3,(H,27,29,30). The van der Waals surface area contributed by atoms with Gasteiger partial charge in [-0.3, -0.25) is 24.8 Å². The molecule has 3 aliphatic heterocycles. The number of nitrogens with zero attached hydrogens (tertiary/aromatic N) is 2. The highest BCUT2D eigenvalue weighted by Crippen LogP contribution is 2.61. The van der Waals surface area contributed by atoms with Crippen LogP contribution < -0.4 is 5.32 Å². The number of carbonyl (C=O) groups excluding carboxylic acids is 2. The molecule has 0 aliphatic carbocycles. The second-order valence-corrected chi connectivity index (χ2v) is 10.2. The molecule has 3 aliphatic rings. The summed E-state index contributed by atoms with van der Waals surface area (Å²) in [5.74, 6) is -1.54. The van der Waals surface area contributed by atoms with E-state index in [0.717, 1.165) is 0 Å². The number of carbonyl (C=O) groups is 2. The molecule has 2 N–H and O–H groups in total. The van der Waals surface area contributed by atoms with Crippen LogP contribution in [0, 0.1) is 5.82 Å². The van der Waals surface area contributed by atoms with Crippen LogP contribution in [0.15, 0.2) is 24.4 Å². The van der Waals surface area contributed by atoms with E-state index in [1.807, 2.05) is 6.92 Å². The van der Waals surface area contributed by atoms with Crippen molar-refractivity contribution in [1.29, 1.82) is 0 Å². The lowest BCUT2D eigenvalue weighted by Gasteiger charge is -2.35. The number of imide groups is 1. The Morgan fingerprint density at radius 1 is 1.38 bits per heavy atom. The summed E-state index contributed by atoms with van der Waals surface area (Å²) >= 11 is 0. The van der Waals surface area contributed by atoms with Gasteiger partial charge in [0, 0.05) is 43.2 Å². The molecule has 2 amide bonds. The maximum absolute atomic E-state index is 15.8. The summed E-state index contributed by atoms with van der Waals surface area (Å²) in [6.45, 7) is 7.39. The minimum Gasteiger partial charge on any atom is -0.389 e. The first kappa shape index (κ1) is 21.4. The number of aliphatic hydroxyl groups is 1. The van der Waals surface area contributed by atoms with Gasteiger partial charge in [0.05, 0.1) is 17.0 Å². The lowest BCUT2D eigenvalue weighted by atomic mass is 9.80. The lowest BCUT2D eigenvalue weighted by molar-refractivity contribution is -0.134. The number of epoxide rings is 1. The predicted molar refractivity (Wildman–Crippen MR) is 115 cm³/mol. The first-order valence-electron chi connectivity index (χ1n) is 11.1. The zero-order valence-electron chi connectivity index (χ0n) is 18.6. The van der Waals surface area contributed by atoms with Crippen LogP contribution in [0.1, 0.15) is 57.1 Å². The molecule has 7 nitrogen and oxygen atoms in total. The molecule has 2 aromatic rings. The number of amides is 2. The van der Waals surface area contributed by atoms with E-state index in [0.29, 0.717) is 54.5 Å². The van der Waals surface area contributed by atoms with Gasteiger partial charge in [-0.05, 0) is 51.3 Å². The summed E-state index contributed by atoms with van der Waals surface area (Å²) in [7, 11) is 0. The zero-order chi connectivity index (χ0) is 22.9. The molecule has 0 bridgehead atoms. The Bertz CT molecular complexity index is 1130. The quantitative estimate of drug-likeness (QED) is 0.559. The van der Waals surface area contributed by atoms with E-state index in [4.69, 9.17) is 4.74 Å². The second-order valence-electron chi connectivity index (χ2n) is 10.2. The average molecular weight is 442 g/mol. The Labute approximate surface area is 185 Å². The number of likely N-dealkylation sites (tertiary alicyclic amines) is 1. The molecule has 1 aromatic carbocycles. The molecule has 170 valence electrons. The number of hydrogen-bond donors (Lipinski definition) is 2. The van der Waals surface area contributed by atoms with Crippen LogP contribution >= 0.6 is 0 Å². The molecule has 1 aromatic heterocycles. The second kappa shape index (κ2) is 7.04. The minimum atomic E-state index is -0.808. The fourth-order valence-corrected chi connectivity index (χ4v) is 5.51. The molecule has 8 heteroatoms. The van der Waals surface area contributed by atoms with Gasteiger partial charge in [0.2, 0.25) is 11.8 Å². The number of nitrogens with one attached hydrogen (secondary N) is 1. The van der Waals surface area contributed by atoms with Crippen molar-refractivity contribution in [3.8, 4) is 0 Å². The van der Waals surface area contributed by atoms with Gasteiger partial charge >= 0.3 is 0 Å². The smallest absolute Gasteiger partial charge is 0.234 e. The lowest BCUT2D eigenvalue weighted by Crippen LogP contribution is -2.49. The molecule has 3 saturated heterocycles. The summed E-state index contributed by atoms with van der Waals surface area (Å²) < 4.78 is 22.0. The van der Waals surface area contributed by atoms with E-state index in [2.05, 4.69) is 15.2 Å². The number of pyridine rings is 1. The van der Waals surface area contributed by atoms with E-state index in [1.54, 1.807) is 38.2 Å². The van der Waals surface area contributed by atoms with Gasteiger partial charge in [0.15, 0.2) is 0 Å². The third kappa shape index (κ3) is 3.41. The maximum atomic E-state index is 15.8. The Morgan fingerprint density at radius 2 is 2.16 bits per heavy atom. The largest absolute Gasteiger partial charge is 0.389 e. The number of halogens is 1. The number of β-amino-alcohol motifs (C(OH)–C–C–N with tert-alkyl or cyclic N) is 1. The van der Waals surface area contributed by atoms with Crippen LogP contribution in [-0.4, -0.2) is 57.6 Å². The summed E-state index contributed by atoms with van der Waals surface area (Å²) in [4.78, 5) is 30.3. The number of piperidine rings is 2. The van der Waals surface area contributed by atoms with Crippen LogP contribution in [0.2, 0.25) is 0 Å². The predicted octanol–water partition coefficient (Wildman–Crippen LogP) is 2.35. The van der Waals surface area contributed by atoms with Crippen molar-refractivity contribution >= 4 is 22.7 Å². The van der Waals surface area contributed by atoms with Crippen molar-refractivity contribution in [1.82, 2.24) is 15.2 Å². The van der Waals surface area contributed by atoms with E-state index < -0.39 is 22.7 Å². The van der Waals surface area contributed by atoms with Crippen LogP contribution in [0.25, 0.3) is 10.9 Å². The van der Waals surface area contributed by atoms with Crippen molar-refractivity contribution in [3.05, 3.63) is 41.3 Å². The number of hydrogen-bond acceptors (Lipinski definition) is 6. The molecular formula is C24H28FN3O4. The fourth-order valence-electron chi connectivity index (χ4n) is 5.51. The van der Waals surface area contributed by atoms with Crippen molar-refractivity contribution in [3.63, 3.8) is 0 Å². The van der Waals surface area contributed by atoms with Crippen LogP contribution in [0.3, 0.4) is 0 Å². The van der Waals surface area contributed by atoms with Gasteiger partial charge in [0.1, 0.15) is 17.0 Å². The molecule has 3 fully saturated rings. The van der Waals surface area contributed by atoms with Crippen molar-refractivity contribution in [2.75, 3.05) is 19.6 Å². The number of fused-ring (bicyclic) bond motifs is 2. The molecule has 3 atom stereocenters. The van der Waals surface area contributed by atoms with Gasteiger partial charge in [-0.1, -0.05) is 6.07 Å². The van der Waals surface area contributed by atoms with Gasteiger partial charge in [-0.2, -0.15) is 0 Å². The van der Waals surface area contributed by atoms with Gasteiger partial charge in [0.25, 0.3) is 0 Å². The average Bonchev–Trinajstić information content (AvgIpc) is 3.32. The van der Waals surface area contributed by atoms with E-state index >= 15 is 4.39 Å². The topological polar surface area (TPSA) is 95.1 Å². The molecular weight excluding hydrogens is 413 g/mol. The highest BCUT2D eigenvalue weighted by atomic mass is 19.1. The highest BCUT2D eigenvalue weighted by Gasteiger charge is 2.70. The molecule has 0 saturated carbocycles. The summed E-state index contributed by atoms with van der Waals surface area (Å²) in [6, 6.07) is 5.23. The molecule has 0 spiro atoms. The van der Waals surface area contributed by atoms with Crippen LogP contribution in [0.5, 0.6) is 0 Å². The van der Waals surface area contributed by atoms with Crippen LogP contribution in [-0.2, 0) is 19.9 Å². The number of aromatic nitrogens is 1. The Balaban J connectivity index is 1.47. The van der Waals surface area contributed by atoms with E-state index in [1.165, 1.54) is 0 Å². The molecule has 4 heterocycles. The Kier molecular flexibility index (Phi) is 4.71. The molecule has 3 unspecified atom stereocenters. The summed E-state index contributed by atoms with van der Waals surface area (Å²) in [5, 5.41) is 12.9. The number of ether oxygens (including phenoxy) is 1. The summed E-state index contributed by atoms with van der Waals surface area (Å²) in [6.07, 6.45) is 2.86. The maximum Gasteiger partial charge on any atom is 0.234 e. The summed E-state index contributed by atoms with van der Waals surface area (Å²) in [5.41, 5.74) is -0.405. The molecule has 5 rings (SSSR count). The SMILES string of the molecule is CC(C)(O)CN1CCC2(c3ccc4ncc(C5CCC(=O)NC5=O)cc4c3F)OC2(C)C1. The van der Waals surface area contributed by atoms with Gasteiger partial charge in [-0.15, -0.1) is 0 Å². The number of rotatable bonds is 4. The van der Waals surface area contributed by atoms with Gasteiger partial charge in [-0.25, -0.2) is 4.39 Å². The normalized spacial score (nSPS) is 30.8. The Morgan fingerprint density at radius 3 is 2.84 bits per heavy atom. The van der Waals surface area contributed by atoms with E-state index in [9.17, 15) is 14.7 Å². The molecule has 0 radical (unpaired) electrons.